The second kappa shape index (κ2) is 9.04. The number of rotatable bonds is 6. The first kappa shape index (κ1) is 22.1. The molecule has 30 heavy (non-hydrogen) atoms. The van der Waals surface area contributed by atoms with Crippen molar-refractivity contribution in [2.45, 2.75) is 26.7 Å². The summed E-state index contributed by atoms with van der Waals surface area (Å²) in [5, 5.41) is 15.3. The maximum atomic E-state index is 13.0. The molecule has 162 valence electrons. The third-order valence-electron chi connectivity index (χ3n) is 5.73. The number of amides is 2. The van der Waals surface area contributed by atoms with Gasteiger partial charge in [0.1, 0.15) is 5.75 Å². The summed E-state index contributed by atoms with van der Waals surface area (Å²) in [7, 11) is 4.06. The zero-order chi connectivity index (χ0) is 21.9. The summed E-state index contributed by atoms with van der Waals surface area (Å²) < 4.78 is 0. The SMILES string of the molecule is CN(C)CC(C)(C)CNC(=O)C1CCN(C(=O)c2cc3ccccc3cc2O)CC1. The number of carbonyl (C=O) groups excluding carboxylic acids is 2. The molecule has 2 aromatic rings. The Morgan fingerprint density at radius 1 is 1.13 bits per heavy atom. The lowest BCUT2D eigenvalue weighted by Gasteiger charge is -2.33. The molecule has 1 aliphatic heterocycles. The molecule has 0 bridgehead atoms. The molecule has 1 saturated heterocycles. The highest BCUT2D eigenvalue weighted by atomic mass is 16.3. The minimum absolute atomic E-state index is 0.00156. The highest BCUT2D eigenvalue weighted by Crippen LogP contribution is 2.28. The number of phenolic OH excluding ortho intramolecular Hbond substituents is 1. The molecular weight excluding hydrogens is 378 g/mol. The molecule has 1 fully saturated rings. The van der Waals surface area contributed by atoms with Crippen LogP contribution >= 0.6 is 0 Å². The highest BCUT2D eigenvalue weighted by molar-refractivity contribution is 6.01. The summed E-state index contributed by atoms with van der Waals surface area (Å²) >= 11 is 0. The van der Waals surface area contributed by atoms with Crippen molar-refractivity contribution >= 4 is 22.6 Å². The van der Waals surface area contributed by atoms with Crippen molar-refractivity contribution in [2.75, 3.05) is 40.3 Å². The van der Waals surface area contributed by atoms with Gasteiger partial charge < -0.3 is 20.2 Å². The molecule has 2 aromatic carbocycles. The number of fused-ring (bicyclic) bond motifs is 1. The Hall–Kier alpha value is -2.60. The van der Waals surface area contributed by atoms with E-state index in [0.717, 1.165) is 17.3 Å². The Morgan fingerprint density at radius 2 is 1.73 bits per heavy atom. The van der Waals surface area contributed by atoms with Gasteiger partial charge >= 0.3 is 0 Å². The minimum Gasteiger partial charge on any atom is -0.507 e. The van der Waals surface area contributed by atoms with Crippen molar-refractivity contribution in [1.29, 1.82) is 0 Å². The van der Waals surface area contributed by atoms with E-state index < -0.39 is 0 Å². The van der Waals surface area contributed by atoms with Gasteiger partial charge in [-0.1, -0.05) is 38.1 Å². The number of phenols is 1. The first-order valence-electron chi connectivity index (χ1n) is 10.6. The van der Waals surface area contributed by atoms with Crippen molar-refractivity contribution in [2.24, 2.45) is 11.3 Å². The predicted octanol–water partition coefficient (Wildman–Crippen LogP) is 3.10. The van der Waals surface area contributed by atoms with E-state index in [1.54, 1.807) is 17.0 Å². The molecule has 0 aliphatic carbocycles. The lowest BCUT2D eigenvalue weighted by atomic mass is 9.91. The fourth-order valence-corrected chi connectivity index (χ4v) is 4.30. The zero-order valence-corrected chi connectivity index (χ0v) is 18.4. The third-order valence-corrected chi connectivity index (χ3v) is 5.73. The van der Waals surface area contributed by atoms with Crippen LogP contribution in [0.4, 0.5) is 0 Å². The molecule has 2 amide bonds. The van der Waals surface area contributed by atoms with Crippen LogP contribution < -0.4 is 5.32 Å². The van der Waals surface area contributed by atoms with E-state index in [1.165, 1.54) is 0 Å². The number of nitrogens with one attached hydrogen (secondary N) is 1. The van der Waals surface area contributed by atoms with Gasteiger partial charge in [-0.25, -0.2) is 0 Å². The van der Waals surface area contributed by atoms with E-state index in [9.17, 15) is 14.7 Å². The van der Waals surface area contributed by atoms with Crippen molar-refractivity contribution in [3.63, 3.8) is 0 Å². The Kier molecular flexibility index (Phi) is 6.66. The van der Waals surface area contributed by atoms with Crippen molar-refractivity contribution in [3.05, 3.63) is 42.0 Å². The first-order chi connectivity index (χ1) is 14.2. The van der Waals surface area contributed by atoms with E-state index in [4.69, 9.17) is 0 Å². The Labute approximate surface area is 178 Å². The molecule has 0 aromatic heterocycles. The monoisotopic (exact) mass is 411 g/mol. The number of carbonyl (C=O) groups is 2. The quantitative estimate of drug-likeness (QED) is 0.766. The van der Waals surface area contributed by atoms with Gasteiger partial charge in [0, 0.05) is 32.1 Å². The van der Waals surface area contributed by atoms with Gasteiger partial charge in [-0.05, 0) is 55.3 Å². The minimum atomic E-state index is -0.177. The molecule has 0 spiro atoms. The second-order valence-electron chi connectivity index (χ2n) is 9.40. The van der Waals surface area contributed by atoms with Gasteiger partial charge in [0.25, 0.3) is 5.91 Å². The van der Waals surface area contributed by atoms with E-state index in [1.807, 2.05) is 38.4 Å². The third kappa shape index (κ3) is 5.30. The Morgan fingerprint density at radius 3 is 2.33 bits per heavy atom. The first-order valence-corrected chi connectivity index (χ1v) is 10.6. The number of piperidine rings is 1. The molecule has 6 nitrogen and oxygen atoms in total. The smallest absolute Gasteiger partial charge is 0.257 e. The van der Waals surface area contributed by atoms with Crippen LogP contribution in [0.25, 0.3) is 10.8 Å². The van der Waals surface area contributed by atoms with Gasteiger partial charge in [-0.3, -0.25) is 9.59 Å². The van der Waals surface area contributed by atoms with Gasteiger partial charge in [0.15, 0.2) is 0 Å². The molecule has 6 heteroatoms. The largest absolute Gasteiger partial charge is 0.507 e. The van der Waals surface area contributed by atoms with E-state index in [-0.39, 0.29) is 28.9 Å². The maximum Gasteiger partial charge on any atom is 0.257 e. The van der Waals surface area contributed by atoms with Gasteiger partial charge in [-0.15, -0.1) is 0 Å². The topological polar surface area (TPSA) is 72.9 Å². The normalized spacial score (nSPS) is 15.6. The zero-order valence-electron chi connectivity index (χ0n) is 18.4. The number of nitrogens with zero attached hydrogens (tertiary/aromatic N) is 2. The molecule has 2 N–H and O–H groups in total. The Balaban J connectivity index is 1.57. The van der Waals surface area contributed by atoms with Crippen LogP contribution in [0.15, 0.2) is 36.4 Å². The molecular formula is C24H33N3O3. The van der Waals surface area contributed by atoms with Crippen LogP contribution in [0, 0.1) is 11.3 Å². The molecule has 0 radical (unpaired) electrons. The molecule has 1 aliphatic rings. The highest BCUT2D eigenvalue weighted by Gasteiger charge is 2.30. The van der Waals surface area contributed by atoms with Gasteiger partial charge in [0.05, 0.1) is 5.56 Å². The van der Waals surface area contributed by atoms with Crippen molar-refractivity contribution < 1.29 is 14.7 Å². The lowest BCUT2D eigenvalue weighted by molar-refractivity contribution is -0.126. The summed E-state index contributed by atoms with van der Waals surface area (Å²) in [5.74, 6) is -0.178. The van der Waals surface area contributed by atoms with Gasteiger partial charge in [-0.2, -0.15) is 0 Å². The molecule has 0 unspecified atom stereocenters. The Bertz CT molecular complexity index is 915. The summed E-state index contributed by atoms with van der Waals surface area (Å²) in [6, 6.07) is 11.0. The van der Waals surface area contributed by atoms with Crippen LogP contribution in [0.3, 0.4) is 0 Å². The number of hydrogen-bond donors (Lipinski definition) is 2. The molecule has 3 rings (SSSR count). The summed E-state index contributed by atoms with van der Waals surface area (Å²) in [6.45, 7) is 6.85. The standard InChI is InChI=1S/C24H33N3O3/c1-24(2,16-26(3)4)15-25-22(29)17-9-11-27(12-10-17)23(30)20-13-18-7-5-6-8-19(18)14-21(20)28/h5-8,13-14,17,28H,9-12,15-16H2,1-4H3,(H,25,29). The molecule has 0 saturated carbocycles. The fraction of sp³-hybridized carbons (Fsp3) is 0.500. The molecule has 0 atom stereocenters. The van der Waals surface area contributed by atoms with E-state index >= 15 is 0 Å². The van der Waals surface area contributed by atoms with Crippen molar-refractivity contribution in [1.82, 2.24) is 15.1 Å². The van der Waals surface area contributed by atoms with Gasteiger partial charge in [0.2, 0.25) is 5.91 Å². The van der Waals surface area contributed by atoms with Crippen LogP contribution in [-0.2, 0) is 4.79 Å². The summed E-state index contributed by atoms with van der Waals surface area (Å²) in [6.07, 6.45) is 1.28. The number of hydrogen-bond acceptors (Lipinski definition) is 4. The maximum absolute atomic E-state index is 13.0. The van der Waals surface area contributed by atoms with Crippen LogP contribution in [0.1, 0.15) is 37.0 Å². The second-order valence-corrected chi connectivity index (χ2v) is 9.40. The van der Waals surface area contributed by atoms with Crippen LogP contribution in [-0.4, -0.2) is 67.0 Å². The predicted molar refractivity (Wildman–Crippen MR) is 120 cm³/mol. The summed E-state index contributed by atoms with van der Waals surface area (Å²) in [4.78, 5) is 29.4. The average molecular weight is 412 g/mol. The van der Waals surface area contributed by atoms with Crippen LogP contribution in [0.5, 0.6) is 5.75 Å². The van der Waals surface area contributed by atoms with E-state index in [0.29, 0.717) is 38.0 Å². The number of benzene rings is 2. The summed E-state index contributed by atoms with van der Waals surface area (Å²) in [5.41, 5.74) is 0.325. The number of likely N-dealkylation sites (tertiary alicyclic amines) is 1. The van der Waals surface area contributed by atoms with Crippen molar-refractivity contribution in [3.8, 4) is 5.75 Å². The number of aromatic hydroxyl groups is 1. The van der Waals surface area contributed by atoms with E-state index in [2.05, 4.69) is 24.1 Å². The van der Waals surface area contributed by atoms with Crippen LogP contribution in [0.2, 0.25) is 0 Å². The lowest BCUT2D eigenvalue weighted by Crippen LogP contribution is -2.46. The fourth-order valence-electron chi connectivity index (χ4n) is 4.30. The average Bonchev–Trinajstić information content (AvgIpc) is 2.70. The molecule has 1 heterocycles.